The first-order valence-corrected chi connectivity index (χ1v) is 9.19. The summed E-state index contributed by atoms with van der Waals surface area (Å²) >= 11 is 0. The van der Waals surface area contributed by atoms with Crippen molar-refractivity contribution in [3.8, 4) is 0 Å². The lowest BCUT2D eigenvalue weighted by Gasteiger charge is -2.07. The number of aromatic nitrogens is 1. The van der Waals surface area contributed by atoms with Gasteiger partial charge in [0.25, 0.3) is 5.91 Å². The molecule has 0 aliphatic carbocycles. The molecule has 2 aromatic carbocycles. The minimum absolute atomic E-state index is 0.0618. The Labute approximate surface area is 168 Å². The Morgan fingerprint density at radius 2 is 1.62 bits per heavy atom. The molecule has 0 unspecified atom stereocenters. The number of amides is 1. The summed E-state index contributed by atoms with van der Waals surface area (Å²) in [6, 6.07) is 16.0. The molecule has 0 spiro atoms. The number of anilines is 1. The van der Waals surface area contributed by atoms with Crippen LogP contribution < -0.4 is 5.32 Å². The molecule has 0 saturated carbocycles. The lowest BCUT2D eigenvalue weighted by atomic mass is 10.1. The third kappa shape index (κ3) is 4.60. The van der Waals surface area contributed by atoms with Crippen LogP contribution in [0.5, 0.6) is 0 Å². The van der Waals surface area contributed by atoms with Gasteiger partial charge in [-0.2, -0.15) is 0 Å². The number of Topliss-reactive ketones (excluding diaryl/α,β-unsaturated/α-hetero) is 1. The molecule has 0 bridgehead atoms. The highest BCUT2D eigenvalue weighted by Gasteiger charge is 2.20. The number of hydrogen-bond donors (Lipinski definition) is 2. The highest BCUT2D eigenvalue weighted by Crippen LogP contribution is 2.20. The molecule has 6 nitrogen and oxygen atoms in total. The Bertz CT molecular complexity index is 1050. The molecule has 2 N–H and O–H groups in total. The van der Waals surface area contributed by atoms with Crippen LogP contribution in [-0.4, -0.2) is 22.6 Å². The maximum atomic E-state index is 12.4. The molecule has 148 valence electrons. The number of aromatic amines is 1. The minimum Gasteiger partial charge on any atom is -0.456 e. The minimum atomic E-state index is -0.524. The number of benzene rings is 2. The van der Waals surface area contributed by atoms with Gasteiger partial charge in [-0.25, -0.2) is 4.79 Å². The van der Waals surface area contributed by atoms with Crippen LogP contribution in [0.3, 0.4) is 0 Å². The first-order chi connectivity index (χ1) is 13.9. The highest BCUT2D eigenvalue weighted by molar-refractivity contribution is 6.04. The van der Waals surface area contributed by atoms with Crippen molar-refractivity contribution < 1.29 is 19.1 Å². The number of carbonyl (C=O) groups excluding carboxylic acids is 3. The Morgan fingerprint density at radius 1 is 0.966 bits per heavy atom. The fraction of sp³-hybridized carbons (Fsp3) is 0.174. The van der Waals surface area contributed by atoms with E-state index in [0.29, 0.717) is 22.4 Å². The number of para-hydroxylation sites is 1. The van der Waals surface area contributed by atoms with Crippen molar-refractivity contribution in [1.29, 1.82) is 0 Å². The lowest BCUT2D eigenvalue weighted by molar-refractivity contribution is 0.0465. The Balaban J connectivity index is 1.62. The van der Waals surface area contributed by atoms with E-state index in [0.717, 1.165) is 11.3 Å². The van der Waals surface area contributed by atoms with E-state index in [4.69, 9.17) is 4.74 Å². The van der Waals surface area contributed by atoms with E-state index in [2.05, 4.69) is 10.3 Å². The van der Waals surface area contributed by atoms with Gasteiger partial charge in [0.05, 0.1) is 0 Å². The number of esters is 1. The van der Waals surface area contributed by atoms with Crippen LogP contribution in [-0.2, 0) is 11.3 Å². The van der Waals surface area contributed by atoms with E-state index < -0.39 is 5.97 Å². The summed E-state index contributed by atoms with van der Waals surface area (Å²) in [7, 11) is 0. The number of hydrogen-bond acceptors (Lipinski definition) is 4. The quantitative estimate of drug-likeness (QED) is 0.481. The SMILES string of the molecule is CC(=O)c1c(C)[nH]c(C(=O)OCc2ccc(C(=O)Nc3ccccc3)cc2)c1C. The molecule has 0 saturated heterocycles. The molecule has 0 aliphatic heterocycles. The molecular weight excluding hydrogens is 368 g/mol. The van der Waals surface area contributed by atoms with Gasteiger partial charge in [0.15, 0.2) is 5.78 Å². The second kappa shape index (κ2) is 8.56. The van der Waals surface area contributed by atoms with Crippen molar-refractivity contribution in [3.63, 3.8) is 0 Å². The zero-order chi connectivity index (χ0) is 21.0. The number of aryl methyl sites for hydroxylation is 1. The van der Waals surface area contributed by atoms with Crippen LogP contribution in [0.25, 0.3) is 0 Å². The molecule has 0 atom stereocenters. The number of nitrogens with one attached hydrogen (secondary N) is 2. The van der Waals surface area contributed by atoms with Crippen molar-refractivity contribution in [3.05, 3.63) is 88.2 Å². The van der Waals surface area contributed by atoms with Gasteiger partial charge in [0.1, 0.15) is 12.3 Å². The van der Waals surface area contributed by atoms with Gasteiger partial charge >= 0.3 is 5.97 Å². The van der Waals surface area contributed by atoms with Crippen LogP contribution >= 0.6 is 0 Å². The van der Waals surface area contributed by atoms with Gasteiger partial charge in [-0.3, -0.25) is 9.59 Å². The fourth-order valence-electron chi connectivity index (χ4n) is 3.18. The molecule has 3 aromatic rings. The van der Waals surface area contributed by atoms with Gasteiger partial charge < -0.3 is 15.0 Å². The molecule has 3 rings (SSSR count). The fourth-order valence-corrected chi connectivity index (χ4v) is 3.18. The number of rotatable bonds is 6. The van der Waals surface area contributed by atoms with Gasteiger partial charge in [-0.1, -0.05) is 30.3 Å². The maximum Gasteiger partial charge on any atom is 0.355 e. The van der Waals surface area contributed by atoms with Crippen molar-refractivity contribution in [2.75, 3.05) is 5.32 Å². The van der Waals surface area contributed by atoms with E-state index in [1.807, 2.05) is 30.3 Å². The van der Waals surface area contributed by atoms with Gasteiger partial charge in [0, 0.05) is 22.5 Å². The Kier molecular flexibility index (Phi) is 5.93. The van der Waals surface area contributed by atoms with Crippen molar-refractivity contribution in [1.82, 2.24) is 4.98 Å². The van der Waals surface area contributed by atoms with E-state index in [1.54, 1.807) is 38.1 Å². The second-order valence-corrected chi connectivity index (χ2v) is 6.77. The van der Waals surface area contributed by atoms with Gasteiger partial charge in [-0.05, 0) is 56.2 Å². The van der Waals surface area contributed by atoms with Crippen LogP contribution in [0.4, 0.5) is 5.69 Å². The highest BCUT2D eigenvalue weighted by atomic mass is 16.5. The third-order valence-corrected chi connectivity index (χ3v) is 4.61. The number of carbonyl (C=O) groups is 3. The first kappa shape index (κ1) is 20.1. The largest absolute Gasteiger partial charge is 0.456 e. The summed E-state index contributed by atoms with van der Waals surface area (Å²) in [4.78, 5) is 39.3. The predicted octanol–water partition coefficient (Wildman–Crippen LogP) is 4.44. The molecule has 29 heavy (non-hydrogen) atoms. The monoisotopic (exact) mass is 390 g/mol. The average Bonchev–Trinajstić information content (AvgIpc) is 3.01. The van der Waals surface area contributed by atoms with E-state index >= 15 is 0 Å². The Morgan fingerprint density at radius 3 is 2.21 bits per heavy atom. The predicted molar refractivity (Wildman–Crippen MR) is 110 cm³/mol. The number of ketones is 1. The average molecular weight is 390 g/mol. The number of ether oxygens (including phenoxy) is 1. The summed E-state index contributed by atoms with van der Waals surface area (Å²) in [5.74, 6) is -0.836. The van der Waals surface area contributed by atoms with Crippen molar-refractivity contribution in [2.45, 2.75) is 27.4 Å². The third-order valence-electron chi connectivity index (χ3n) is 4.61. The van der Waals surface area contributed by atoms with Crippen molar-refractivity contribution in [2.24, 2.45) is 0 Å². The van der Waals surface area contributed by atoms with Crippen LogP contribution in [0.2, 0.25) is 0 Å². The lowest BCUT2D eigenvalue weighted by Crippen LogP contribution is -2.12. The van der Waals surface area contributed by atoms with Gasteiger partial charge in [-0.15, -0.1) is 0 Å². The smallest absolute Gasteiger partial charge is 0.355 e. The topological polar surface area (TPSA) is 88.3 Å². The van der Waals surface area contributed by atoms with Crippen LogP contribution in [0.15, 0.2) is 54.6 Å². The summed E-state index contributed by atoms with van der Waals surface area (Å²) in [5.41, 5.74) is 4.02. The molecule has 0 aliphatic rings. The molecule has 1 amide bonds. The zero-order valence-corrected chi connectivity index (χ0v) is 16.5. The normalized spacial score (nSPS) is 10.4. The number of H-pyrrole nitrogens is 1. The summed E-state index contributed by atoms with van der Waals surface area (Å²) in [5, 5.41) is 2.82. The second-order valence-electron chi connectivity index (χ2n) is 6.77. The van der Waals surface area contributed by atoms with Crippen LogP contribution in [0, 0.1) is 13.8 Å². The molecule has 0 radical (unpaired) electrons. The molecular formula is C23H22N2O4. The first-order valence-electron chi connectivity index (χ1n) is 9.19. The van der Waals surface area contributed by atoms with Crippen LogP contribution in [0.1, 0.15) is 54.9 Å². The summed E-state index contributed by atoms with van der Waals surface area (Å²) in [6.07, 6.45) is 0. The standard InChI is InChI=1S/C23H22N2O4/c1-14-20(16(3)26)15(2)24-21(14)23(28)29-13-17-9-11-18(12-10-17)22(27)25-19-7-5-4-6-8-19/h4-12,24H,13H2,1-3H3,(H,25,27). The van der Waals surface area contributed by atoms with E-state index in [-0.39, 0.29) is 24.0 Å². The molecule has 0 fully saturated rings. The summed E-state index contributed by atoms with van der Waals surface area (Å²) in [6.45, 7) is 5.00. The van der Waals surface area contributed by atoms with Gasteiger partial charge in [0.2, 0.25) is 0 Å². The molecule has 1 heterocycles. The van der Waals surface area contributed by atoms with E-state index in [9.17, 15) is 14.4 Å². The molecule has 1 aromatic heterocycles. The summed E-state index contributed by atoms with van der Waals surface area (Å²) < 4.78 is 5.36. The van der Waals surface area contributed by atoms with Crippen molar-refractivity contribution >= 4 is 23.3 Å². The zero-order valence-electron chi connectivity index (χ0n) is 16.5. The maximum absolute atomic E-state index is 12.4. The Hall–Kier alpha value is -3.67. The molecule has 6 heteroatoms. The van der Waals surface area contributed by atoms with E-state index in [1.165, 1.54) is 6.92 Å².